The molecule has 0 unspecified atom stereocenters. The van der Waals surface area contributed by atoms with Crippen LogP contribution in [0.5, 0.6) is 0 Å². The van der Waals surface area contributed by atoms with Crippen molar-refractivity contribution >= 4 is 11.5 Å². The first-order chi connectivity index (χ1) is 12.3. The minimum Gasteiger partial charge on any atom is -0.364 e. The normalized spacial score (nSPS) is 18.7. The molecule has 2 fully saturated rings. The summed E-state index contributed by atoms with van der Waals surface area (Å²) in [5, 5.41) is 17.2. The van der Waals surface area contributed by atoms with Crippen LogP contribution in [0.2, 0.25) is 0 Å². The zero-order valence-corrected chi connectivity index (χ0v) is 14.2. The molecule has 0 atom stereocenters. The maximum Gasteiger partial charge on any atom is 0.178 e. The summed E-state index contributed by atoms with van der Waals surface area (Å²) in [5.74, 6) is 2.55. The Hall–Kier alpha value is -2.48. The Morgan fingerprint density at radius 1 is 1.24 bits per heavy atom. The summed E-state index contributed by atoms with van der Waals surface area (Å²) in [4.78, 5) is 4.64. The summed E-state index contributed by atoms with van der Waals surface area (Å²) in [7, 11) is 2.14. The third-order valence-electron chi connectivity index (χ3n) is 5.47. The van der Waals surface area contributed by atoms with E-state index in [2.05, 4.69) is 32.2 Å². The summed E-state index contributed by atoms with van der Waals surface area (Å²) in [5.41, 5.74) is 1.95. The van der Waals surface area contributed by atoms with Gasteiger partial charge in [0.25, 0.3) is 0 Å². The smallest absolute Gasteiger partial charge is 0.178 e. The second kappa shape index (κ2) is 5.80. The van der Waals surface area contributed by atoms with E-state index < -0.39 is 0 Å². The van der Waals surface area contributed by atoms with Gasteiger partial charge < -0.3 is 9.42 Å². The molecule has 8 nitrogen and oxygen atoms in total. The van der Waals surface area contributed by atoms with Crippen LogP contribution in [0.25, 0.3) is 5.65 Å². The molecule has 130 valence electrons. The first-order valence-electron chi connectivity index (χ1n) is 8.84. The van der Waals surface area contributed by atoms with Gasteiger partial charge in [0.1, 0.15) is 12.1 Å². The van der Waals surface area contributed by atoms with Crippen LogP contribution < -0.4 is 4.90 Å². The van der Waals surface area contributed by atoms with Gasteiger partial charge in [0.05, 0.1) is 6.20 Å². The Kier molecular flexibility index (Phi) is 3.44. The van der Waals surface area contributed by atoms with E-state index in [0.29, 0.717) is 12.0 Å². The highest BCUT2D eigenvalue weighted by Gasteiger charge is 2.32. The topological polar surface area (TPSA) is 75.6 Å². The molecule has 3 aromatic heterocycles. The van der Waals surface area contributed by atoms with Crippen LogP contribution in [0.15, 0.2) is 29.1 Å². The third-order valence-corrected chi connectivity index (χ3v) is 5.47. The lowest BCUT2D eigenvalue weighted by molar-refractivity contribution is 0.196. The molecule has 2 aliphatic rings. The van der Waals surface area contributed by atoms with Crippen molar-refractivity contribution in [2.45, 2.75) is 37.8 Å². The lowest BCUT2D eigenvalue weighted by atomic mass is 9.85. The van der Waals surface area contributed by atoms with Crippen molar-refractivity contribution in [3.05, 3.63) is 36.0 Å². The summed E-state index contributed by atoms with van der Waals surface area (Å²) >= 11 is 0. The highest BCUT2D eigenvalue weighted by Crippen LogP contribution is 2.35. The molecule has 0 N–H and O–H groups in total. The van der Waals surface area contributed by atoms with E-state index >= 15 is 0 Å². The van der Waals surface area contributed by atoms with Crippen LogP contribution in [-0.2, 0) is 6.54 Å². The van der Waals surface area contributed by atoms with E-state index in [-0.39, 0.29) is 0 Å². The molecule has 0 radical (unpaired) electrons. The van der Waals surface area contributed by atoms with Crippen LogP contribution >= 0.6 is 0 Å². The molecular weight excluding hydrogens is 318 g/mol. The number of hydrogen-bond acceptors (Lipinski definition) is 7. The number of aromatic nitrogens is 5. The number of fused-ring (bicyclic) bond motifs is 1. The highest BCUT2D eigenvalue weighted by atomic mass is 16.5. The van der Waals surface area contributed by atoms with E-state index in [1.54, 1.807) is 12.5 Å². The predicted molar refractivity (Wildman–Crippen MR) is 91.3 cm³/mol. The van der Waals surface area contributed by atoms with Crippen LogP contribution in [0, 0.1) is 0 Å². The van der Waals surface area contributed by atoms with Crippen molar-refractivity contribution in [2.75, 3.05) is 25.0 Å². The Morgan fingerprint density at radius 3 is 2.84 bits per heavy atom. The van der Waals surface area contributed by atoms with Crippen molar-refractivity contribution in [2.24, 2.45) is 0 Å². The van der Waals surface area contributed by atoms with Crippen LogP contribution in [0.1, 0.15) is 36.6 Å². The number of nitrogens with zero attached hydrogens (tertiary/aromatic N) is 7. The Labute approximate surface area is 145 Å². The molecule has 1 aliphatic carbocycles. The third kappa shape index (κ3) is 2.57. The van der Waals surface area contributed by atoms with E-state index in [1.165, 1.54) is 19.3 Å². The molecule has 0 spiro atoms. The zero-order valence-electron chi connectivity index (χ0n) is 14.2. The molecule has 0 amide bonds. The highest BCUT2D eigenvalue weighted by molar-refractivity contribution is 5.48. The monoisotopic (exact) mass is 339 g/mol. The molecular formula is C17H21N7O. The van der Waals surface area contributed by atoms with Gasteiger partial charge >= 0.3 is 0 Å². The minimum atomic E-state index is 0.513. The first kappa shape index (κ1) is 14.8. The van der Waals surface area contributed by atoms with Gasteiger partial charge in [0, 0.05) is 37.2 Å². The molecule has 4 heterocycles. The van der Waals surface area contributed by atoms with Gasteiger partial charge in [-0.2, -0.15) is 4.52 Å². The molecule has 3 aromatic rings. The number of hydrogen-bond donors (Lipinski definition) is 0. The van der Waals surface area contributed by atoms with Gasteiger partial charge in [-0.3, -0.25) is 4.90 Å². The van der Waals surface area contributed by atoms with Gasteiger partial charge in [-0.05, 0) is 32.0 Å². The maximum absolute atomic E-state index is 4.90. The largest absolute Gasteiger partial charge is 0.364 e. The molecule has 25 heavy (non-hydrogen) atoms. The van der Waals surface area contributed by atoms with E-state index in [1.807, 2.05) is 16.6 Å². The van der Waals surface area contributed by atoms with Gasteiger partial charge in [-0.1, -0.05) is 11.6 Å². The Balaban J connectivity index is 1.28. The fourth-order valence-corrected chi connectivity index (χ4v) is 3.53. The summed E-state index contributed by atoms with van der Waals surface area (Å²) in [6.45, 7) is 2.80. The minimum absolute atomic E-state index is 0.513. The van der Waals surface area contributed by atoms with Crippen molar-refractivity contribution in [3.63, 3.8) is 0 Å². The average Bonchev–Trinajstić information content (AvgIpc) is 3.14. The number of anilines is 1. The van der Waals surface area contributed by atoms with E-state index in [4.69, 9.17) is 9.62 Å². The van der Waals surface area contributed by atoms with Crippen LogP contribution in [0.3, 0.4) is 0 Å². The molecule has 1 saturated heterocycles. The zero-order chi connectivity index (χ0) is 16.8. The van der Waals surface area contributed by atoms with Crippen molar-refractivity contribution in [3.8, 4) is 0 Å². The SMILES string of the molecule is CN(Cc1cnoc1)C1CN(c2ccc3nnc(C4CCC4)n3n2)C1. The van der Waals surface area contributed by atoms with Gasteiger partial charge in [-0.25, -0.2) is 0 Å². The van der Waals surface area contributed by atoms with Crippen LogP contribution in [0.4, 0.5) is 5.82 Å². The predicted octanol–water partition coefficient (Wildman–Crippen LogP) is 1.70. The molecule has 1 aliphatic heterocycles. The number of likely N-dealkylation sites (N-methyl/N-ethyl adjacent to an activating group) is 1. The lowest BCUT2D eigenvalue weighted by Crippen LogP contribution is -2.58. The van der Waals surface area contributed by atoms with Gasteiger partial charge in [-0.15, -0.1) is 15.3 Å². The van der Waals surface area contributed by atoms with Crippen molar-refractivity contribution < 1.29 is 4.52 Å². The summed E-state index contributed by atoms with van der Waals surface area (Å²) < 4.78 is 6.84. The molecule has 5 rings (SSSR count). The second-order valence-electron chi connectivity index (χ2n) is 7.15. The Morgan fingerprint density at radius 2 is 2.12 bits per heavy atom. The quantitative estimate of drug-likeness (QED) is 0.700. The van der Waals surface area contributed by atoms with Crippen molar-refractivity contribution in [1.29, 1.82) is 0 Å². The van der Waals surface area contributed by atoms with Gasteiger partial charge in [0.15, 0.2) is 11.5 Å². The second-order valence-corrected chi connectivity index (χ2v) is 7.15. The fraction of sp³-hybridized carbons (Fsp3) is 0.529. The first-order valence-corrected chi connectivity index (χ1v) is 8.84. The Bertz CT molecular complexity index is 864. The van der Waals surface area contributed by atoms with E-state index in [9.17, 15) is 0 Å². The fourth-order valence-electron chi connectivity index (χ4n) is 3.53. The van der Waals surface area contributed by atoms with Crippen LogP contribution in [-0.4, -0.2) is 56.0 Å². The lowest BCUT2D eigenvalue weighted by Gasteiger charge is -2.44. The molecule has 0 aromatic carbocycles. The summed E-state index contributed by atoms with van der Waals surface area (Å²) in [6, 6.07) is 4.58. The van der Waals surface area contributed by atoms with E-state index in [0.717, 1.165) is 42.5 Å². The number of rotatable bonds is 5. The molecule has 1 saturated carbocycles. The van der Waals surface area contributed by atoms with Gasteiger partial charge in [0.2, 0.25) is 0 Å². The maximum atomic E-state index is 4.90. The molecule has 8 heteroatoms. The molecule has 0 bridgehead atoms. The van der Waals surface area contributed by atoms with Crippen molar-refractivity contribution in [1.82, 2.24) is 29.9 Å². The standard InChI is InChI=1S/C17H21N7O/c1-22(8-12-7-18-25-11-12)14-9-23(10-14)16-6-5-15-19-20-17(24(15)21-16)13-3-2-4-13/h5-7,11,13-14H,2-4,8-10H2,1H3. The average molecular weight is 339 g/mol. The summed E-state index contributed by atoms with van der Waals surface area (Å²) in [6.07, 6.45) is 7.16.